The zero-order valence-electron chi connectivity index (χ0n) is 17.1. The molecule has 10 heteroatoms. The van der Waals surface area contributed by atoms with Crippen molar-refractivity contribution >= 4 is 61.4 Å². The predicted molar refractivity (Wildman–Crippen MR) is 131 cm³/mol. The molecule has 1 amide bonds. The molecule has 0 unspecified atom stereocenters. The van der Waals surface area contributed by atoms with E-state index in [1.165, 1.54) is 48.5 Å². The van der Waals surface area contributed by atoms with Crippen molar-refractivity contribution in [3.63, 3.8) is 0 Å². The number of carbonyl (C=O) groups excluding carboxylic acids is 1. The third-order valence-electron chi connectivity index (χ3n) is 4.90. The molecule has 7 nitrogen and oxygen atoms in total. The molecular formula is C23H17Cl2N3O4S. The molecule has 1 aromatic heterocycles. The minimum Gasteiger partial charge on any atom is -0.322 e. The third-order valence-corrected chi connectivity index (χ3v) is 6.77. The van der Waals surface area contributed by atoms with Gasteiger partial charge in [0.2, 0.25) is 5.56 Å². The van der Waals surface area contributed by atoms with Crippen LogP contribution in [0.25, 0.3) is 10.9 Å². The van der Waals surface area contributed by atoms with E-state index in [2.05, 4.69) is 15.0 Å². The Morgan fingerprint density at radius 1 is 0.909 bits per heavy atom. The fraction of sp³-hybridized carbons (Fsp3) is 0.0435. The van der Waals surface area contributed by atoms with E-state index in [1.807, 2.05) is 6.92 Å². The fourth-order valence-electron chi connectivity index (χ4n) is 3.32. The summed E-state index contributed by atoms with van der Waals surface area (Å²) in [4.78, 5) is 27.5. The number of carbonyl (C=O) groups is 1. The number of fused-ring (bicyclic) bond motifs is 1. The number of anilines is 2. The molecule has 4 aromatic rings. The van der Waals surface area contributed by atoms with Gasteiger partial charge >= 0.3 is 0 Å². The zero-order valence-corrected chi connectivity index (χ0v) is 19.5. The highest BCUT2D eigenvalue weighted by molar-refractivity contribution is 7.92. The number of benzene rings is 3. The lowest BCUT2D eigenvalue weighted by molar-refractivity contribution is 0.102. The number of hydrogen-bond donors (Lipinski definition) is 3. The van der Waals surface area contributed by atoms with Crippen molar-refractivity contribution in [2.24, 2.45) is 0 Å². The van der Waals surface area contributed by atoms with Gasteiger partial charge in [-0.15, -0.1) is 0 Å². The Hall–Kier alpha value is -3.33. The summed E-state index contributed by atoms with van der Waals surface area (Å²) in [5.74, 6) is -0.583. The second-order valence-corrected chi connectivity index (χ2v) is 9.84. The SMILES string of the molecule is Cc1cc(=O)[nH]c2cc(NC(=O)c3cc(Cl)ccc3NS(=O)(=O)c3ccc(Cl)cc3)ccc12. The average Bonchev–Trinajstić information content (AvgIpc) is 2.74. The van der Waals surface area contributed by atoms with Crippen molar-refractivity contribution < 1.29 is 13.2 Å². The monoisotopic (exact) mass is 501 g/mol. The van der Waals surface area contributed by atoms with Gasteiger partial charge in [0.15, 0.2) is 0 Å². The minimum absolute atomic E-state index is 0.0120. The van der Waals surface area contributed by atoms with Gasteiger partial charge in [0.05, 0.1) is 21.7 Å². The number of H-pyrrole nitrogens is 1. The summed E-state index contributed by atoms with van der Waals surface area (Å²) in [5.41, 5.74) is 1.61. The average molecular weight is 502 g/mol. The Bertz CT molecular complexity index is 1550. The molecule has 0 spiro atoms. The molecule has 4 rings (SSSR count). The number of amides is 1. The molecule has 1 heterocycles. The first kappa shape index (κ1) is 22.8. The maximum absolute atomic E-state index is 13.0. The maximum Gasteiger partial charge on any atom is 0.261 e. The number of aromatic nitrogens is 1. The van der Waals surface area contributed by atoms with E-state index >= 15 is 0 Å². The molecule has 0 radical (unpaired) electrons. The van der Waals surface area contributed by atoms with E-state index in [0.717, 1.165) is 10.9 Å². The van der Waals surface area contributed by atoms with Gasteiger partial charge in [0, 0.05) is 27.2 Å². The van der Waals surface area contributed by atoms with Crippen molar-refractivity contribution in [1.82, 2.24) is 4.98 Å². The third kappa shape index (κ3) is 5.03. The van der Waals surface area contributed by atoms with Crippen LogP contribution < -0.4 is 15.6 Å². The Morgan fingerprint density at radius 3 is 2.33 bits per heavy atom. The van der Waals surface area contributed by atoms with Gasteiger partial charge < -0.3 is 10.3 Å². The first-order chi connectivity index (χ1) is 15.6. The zero-order chi connectivity index (χ0) is 23.8. The van der Waals surface area contributed by atoms with Crippen LogP contribution in [0.1, 0.15) is 15.9 Å². The van der Waals surface area contributed by atoms with Crippen LogP contribution in [0, 0.1) is 6.92 Å². The van der Waals surface area contributed by atoms with Crippen LogP contribution in [-0.2, 0) is 10.0 Å². The van der Waals surface area contributed by atoms with Crippen LogP contribution >= 0.6 is 23.2 Å². The van der Waals surface area contributed by atoms with Crippen molar-refractivity contribution in [3.8, 4) is 0 Å². The number of rotatable bonds is 5. The lowest BCUT2D eigenvalue weighted by Gasteiger charge is -2.14. The van der Waals surface area contributed by atoms with E-state index < -0.39 is 15.9 Å². The van der Waals surface area contributed by atoms with Gasteiger partial charge in [0.25, 0.3) is 15.9 Å². The van der Waals surface area contributed by atoms with Crippen molar-refractivity contribution in [1.29, 1.82) is 0 Å². The van der Waals surface area contributed by atoms with Gasteiger partial charge in [-0.25, -0.2) is 8.42 Å². The summed E-state index contributed by atoms with van der Waals surface area (Å²) in [6.45, 7) is 1.82. The fourth-order valence-corrected chi connectivity index (χ4v) is 4.70. The lowest BCUT2D eigenvalue weighted by Crippen LogP contribution is -2.18. The smallest absolute Gasteiger partial charge is 0.261 e. The van der Waals surface area contributed by atoms with Crippen LogP contribution in [0.4, 0.5) is 11.4 Å². The Labute approximate surface area is 199 Å². The summed E-state index contributed by atoms with van der Waals surface area (Å²) in [6.07, 6.45) is 0. The highest BCUT2D eigenvalue weighted by Crippen LogP contribution is 2.26. The van der Waals surface area contributed by atoms with E-state index in [4.69, 9.17) is 23.2 Å². The highest BCUT2D eigenvalue weighted by Gasteiger charge is 2.20. The maximum atomic E-state index is 13.0. The van der Waals surface area contributed by atoms with Crippen LogP contribution in [0.15, 0.2) is 76.4 Å². The summed E-state index contributed by atoms with van der Waals surface area (Å²) in [7, 11) is -3.98. The predicted octanol–water partition coefficient (Wildman–Crippen LogP) is 5.20. The lowest BCUT2D eigenvalue weighted by atomic mass is 10.1. The Morgan fingerprint density at radius 2 is 1.61 bits per heavy atom. The van der Waals surface area contributed by atoms with Crippen LogP contribution in [0.5, 0.6) is 0 Å². The van der Waals surface area contributed by atoms with Crippen LogP contribution in [-0.4, -0.2) is 19.3 Å². The van der Waals surface area contributed by atoms with Gasteiger partial charge in [0.1, 0.15) is 0 Å². The molecule has 0 atom stereocenters. The molecule has 0 bridgehead atoms. The molecule has 0 saturated carbocycles. The number of aromatic amines is 1. The van der Waals surface area contributed by atoms with Crippen molar-refractivity contribution in [2.75, 3.05) is 10.0 Å². The molecule has 0 aliphatic heterocycles. The largest absolute Gasteiger partial charge is 0.322 e. The second-order valence-electron chi connectivity index (χ2n) is 7.28. The molecule has 0 saturated heterocycles. The molecular weight excluding hydrogens is 485 g/mol. The van der Waals surface area contributed by atoms with E-state index in [9.17, 15) is 18.0 Å². The summed E-state index contributed by atoms with van der Waals surface area (Å²) in [5, 5.41) is 4.21. The molecule has 3 aromatic carbocycles. The molecule has 3 N–H and O–H groups in total. The van der Waals surface area contributed by atoms with Gasteiger partial charge in [-0.3, -0.25) is 14.3 Å². The first-order valence-electron chi connectivity index (χ1n) is 9.65. The summed E-state index contributed by atoms with van der Waals surface area (Å²) >= 11 is 11.9. The Kier molecular flexibility index (Phi) is 6.16. The second kappa shape index (κ2) is 8.90. The summed E-state index contributed by atoms with van der Waals surface area (Å²) < 4.78 is 28.0. The van der Waals surface area contributed by atoms with Crippen LogP contribution in [0.3, 0.4) is 0 Å². The molecule has 168 valence electrons. The quantitative estimate of drug-likeness (QED) is 0.349. The topological polar surface area (TPSA) is 108 Å². The number of nitrogens with one attached hydrogen (secondary N) is 3. The summed E-state index contributed by atoms with van der Waals surface area (Å²) in [6, 6.07) is 16.5. The molecule has 0 aliphatic rings. The van der Waals surface area contributed by atoms with E-state index in [-0.39, 0.29) is 26.7 Å². The van der Waals surface area contributed by atoms with Gasteiger partial charge in [-0.1, -0.05) is 29.3 Å². The number of pyridine rings is 1. The normalized spacial score (nSPS) is 11.4. The Balaban J connectivity index is 1.66. The van der Waals surface area contributed by atoms with Gasteiger partial charge in [-0.05, 0) is 67.1 Å². The van der Waals surface area contributed by atoms with Crippen molar-refractivity contribution in [3.05, 3.63) is 98.3 Å². The van der Waals surface area contributed by atoms with E-state index in [0.29, 0.717) is 16.2 Å². The molecule has 0 fully saturated rings. The van der Waals surface area contributed by atoms with Gasteiger partial charge in [-0.2, -0.15) is 0 Å². The number of sulfonamides is 1. The number of hydrogen-bond acceptors (Lipinski definition) is 4. The van der Waals surface area contributed by atoms with Crippen LogP contribution in [0.2, 0.25) is 10.0 Å². The number of halogens is 2. The highest BCUT2D eigenvalue weighted by atomic mass is 35.5. The first-order valence-corrected chi connectivity index (χ1v) is 11.9. The standard InChI is InChI=1S/C23H17Cl2N3O4S/c1-13-10-22(29)27-21-12-16(5-8-18(13)21)26-23(30)19-11-15(25)4-9-20(19)28-33(31,32)17-6-2-14(24)3-7-17/h2-12,28H,1H3,(H,26,30)(H,27,29). The minimum atomic E-state index is -3.98. The van der Waals surface area contributed by atoms with E-state index in [1.54, 1.807) is 18.2 Å². The van der Waals surface area contributed by atoms with Crippen molar-refractivity contribution in [2.45, 2.75) is 11.8 Å². The molecule has 33 heavy (non-hydrogen) atoms. The number of aryl methyl sites for hydroxylation is 1. The molecule has 0 aliphatic carbocycles.